The van der Waals surface area contributed by atoms with Crippen molar-refractivity contribution in [3.63, 3.8) is 0 Å². The smallest absolute Gasteiger partial charge is 0.327 e. The number of nitrogens with one attached hydrogen (secondary N) is 1. The molecule has 0 amide bonds. The van der Waals surface area contributed by atoms with Crippen LogP contribution in [0.25, 0.3) is 0 Å². The average molecular weight is 330 g/mol. The second-order valence-electron chi connectivity index (χ2n) is 5.52. The van der Waals surface area contributed by atoms with Crippen molar-refractivity contribution in [2.75, 3.05) is 13.1 Å². The quantitative estimate of drug-likeness (QED) is 0.790. The molecule has 2 heterocycles. The van der Waals surface area contributed by atoms with Crippen LogP contribution in [-0.4, -0.2) is 46.7 Å². The number of aliphatic carboxylic acids is 1. The van der Waals surface area contributed by atoms with E-state index in [-0.39, 0.29) is 0 Å². The Morgan fingerprint density at radius 1 is 1.50 bits per heavy atom. The molecule has 0 radical (unpaired) electrons. The Hall–Kier alpha value is -1.45. The van der Waals surface area contributed by atoms with Crippen molar-refractivity contribution in [1.29, 1.82) is 0 Å². The van der Waals surface area contributed by atoms with Crippen LogP contribution in [0.3, 0.4) is 0 Å². The molecule has 2 N–H and O–H groups in total. The summed E-state index contributed by atoms with van der Waals surface area (Å²) in [5, 5.41) is 13.2. The number of carboxylic acid groups (broad SMARTS) is 1. The zero-order valence-corrected chi connectivity index (χ0v) is 13.6. The Morgan fingerprint density at radius 2 is 2.14 bits per heavy atom. The van der Waals surface area contributed by atoms with Crippen LogP contribution in [0.5, 0.6) is 0 Å². The summed E-state index contributed by atoms with van der Waals surface area (Å²) in [5.41, 5.74) is 0.291. The lowest BCUT2D eigenvalue weighted by atomic mass is 9.96. The van der Waals surface area contributed by atoms with Gasteiger partial charge >= 0.3 is 5.97 Å². The first kappa shape index (κ1) is 16.9. The number of carbonyl (C=O) groups is 1. The van der Waals surface area contributed by atoms with Crippen molar-refractivity contribution in [2.45, 2.75) is 32.2 Å². The van der Waals surface area contributed by atoms with E-state index in [0.29, 0.717) is 24.7 Å². The van der Waals surface area contributed by atoms with Crippen molar-refractivity contribution in [2.24, 2.45) is 13.0 Å². The topological polar surface area (TPSA) is 105 Å². The van der Waals surface area contributed by atoms with Gasteiger partial charge in [0.2, 0.25) is 0 Å². The summed E-state index contributed by atoms with van der Waals surface area (Å²) in [7, 11) is -2.26. The summed E-state index contributed by atoms with van der Waals surface area (Å²) in [5.74, 6) is -0.714. The van der Waals surface area contributed by atoms with Crippen molar-refractivity contribution < 1.29 is 18.3 Å². The molecule has 0 spiro atoms. The highest BCUT2D eigenvalue weighted by atomic mass is 32.2. The van der Waals surface area contributed by atoms with E-state index in [4.69, 9.17) is 0 Å². The monoisotopic (exact) mass is 330 g/mol. The Bertz CT molecular complexity index is 620. The molecule has 1 aliphatic heterocycles. The zero-order valence-electron chi connectivity index (χ0n) is 12.8. The van der Waals surface area contributed by atoms with E-state index in [2.05, 4.69) is 16.7 Å². The van der Waals surface area contributed by atoms with Gasteiger partial charge in [-0.25, -0.2) is 0 Å². The lowest BCUT2D eigenvalue weighted by Crippen LogP contribution is -2.47. The maximum Gasteiger partial charge on any atom is 0.327 e. The van der Waals surface area contributed by atoms with Crippen LogP contribution >= 0.6 is 0 Å². The molecule has 1 saturated heterocycles. The molecule has 1 aromatic heterocycles. The first-order valence-electron chi connectivity index (χ1n) is 7.33. The van der Waals surface area contributed by atoms with Crippen LogP contribution in [0.1, 0.15) is 37.9 Å². The van der Waals surface area contributed by atoms with E-state index in [1.807, 2.05) is 0 Å². The number of rotatable bonds is 6. The molecule has 0 saturated carbocycles. The van der Waals surface area contributed by atoms with Gasteiger partial charge in [0.15, 0.2) is 6.04 Å². The standard InChI is InChI=1S/C13H22N4O4S/c1-3-10-5-8-17(9-6-10)22(20,21)15-12(13(18)19)11-4-7-14-16(11)2/h4,7,10,12,15H,3,5-6,8-9H2,1-2H3,(H,18,19). The summed E-state index contributed by atoms with van der Waals surface area (Å²) in [4.78, 5) is 11.4. The summed E-state index contributed by atoms with van der Waals surface area (Å²) in [6.07, 6.45) is 4.09. The fourth-order valence-electron chi connectivity index (χ4n) is 2.69. The zero-order chi connectivity index (χ0) is 16.3. The Morgan fingerprint density at radius 3 is 2.59 bits per heavy atom. The summed E-state index contributed by atoms with van der Waals surface area (Å²) >= 11 is 0. The summed E-state index contributed by atoms with van der Waals surface area (Å²) in [6, 6.07) is 0.145. The molecule has 2 rings (SSSR count). The van der Waals surface area contributed by atoms with Crippen molar-refractivity contribution in [3.05, 3.63) is 18.0 Å². The highest BCUT2D eigenvalue weighted by Crippen LogP contribution is 2.23. The van der Waals surface area contributed by atoms with Gasteiger partial charge in [-0.3, -0.25) is 9.48 Å². The van der Waals surface area contributed by atoms with Gasteiger partial charge < -0.3 is 5.11 Å². The second kappa shape index (κ2) is 6.76. The van der Waals surface area contributed by atoms with Gasteiger partial charge in [0.05, 0.1) is 5.69 Å². The molecule has 1 aromatic rings. The van der Waals surface area contributed by atoms with Crippen molar-refractivity contribution in [1.82, 2.24) is 18.8 Å². The third-order valence-corrected chi connectivity index (χ3v) is 5.74. The second-order valence-corrected chi connectivity index (χ2v) is 7.23. The Kier molecular flexibility index (Phi) is 5.20. The first-order chi connectivity index (χ1) is 10.3. The normalized spacial score (nSPS) is 19.2. The van der Waals surface area contributed by atoms with E-state index >= 15 is 0 Å². The lowest BCUT2D eigenvalue weighted by Gasteiger charge is -2.31. The fourth-order valence-corrected chi connectivity index (χ4v) is 4.05. The number of nitrogens with zero attached hydrogens (tertiary/aromatic N) is 3. The molecule has 1 unspecified atom stereocenters. The van der Waals surface area contributed by atoms with Crippen LogP contribution in [0.4, 0.5) is 0 Å². The molecular formula is C13H22N4O4S. The minimum absolute atomic E-state index is 0.291. The third-order valence-electron chi connectivity index (χ3n) is 4.16. The van der Waals surface area contributed by atoms with E-state index in [0.717, 1.165) is 19.3 Å². The molecule has 124 valence electrons. The van der Waals surface area contributed by atoms with E-state index in [1.165, 1.54) is 21.3 Å². The van der Waals surface area contributed by atoms with Crippen LogP contribution in [0.15, 0.2) is 12.3 Å². The molecule has 8 nitrogen and oxygen atoms in total. The third kappa shape index (κ3) is 3.65. The number of aryl methyl sites for hydroxylation is 1. The summed E-state index contributed by atoms with van der Waals surface area (Å²) < 4.78 is 29.8. The number of hydrogen-bond donors (Lipinski definition) is 2. The van der Waals surface area contributed by atoms with Gasteiger partial charge in [-0.15, -0.1) is 0 Å². The summed E-state index contributed by atoms with van der Waals surface area (Å²) in [6.45, 7) is 2.94. The highest BCUT2D eigenvalue weighted by Gasteiger charge is 2.33. The first-order valence-corrected chi connectivity index (χ1v) is 8.77. The van der Waals surface area contributed by atoms with Crippen LogP contribution in [0.2, 0.25) is 0 Å². The molecular weight excluding hydrogens is 308 g/mol. The largest absolute Gasteiger partial charge is 0.480 e. The van der Waals surface area contributed by atoms with Gasteiger partial charge in [-0.1, -0.05) is 13.3 Å². The number of carboxylic acids is 1. The predicted octanol–water partition coefficient (Wildman–Crippen LogP) is 0.502. The Labute approximate surface area is 130 Å². The molecule has 1 aliphatic rings. The molecule has 0 aromatic carbocycles. The molecule has 1 atom stereocenters. The average Bonchev–Trinajstić information content (AvgIpc) is 2.90. The predicted molar refractivity (Wildman–Crippen MR) is 80.2 cm³/mol. The number of piperidine rings is 1. The highest BCUT2D eigenvalue weighted by molar-refractivity contribution is 7.87. The van der Waals surface area contributed by atoms with Crippen molar-refractivity contribution >= 4 is 16.2 Å². The van der Waals surface area contributed by atoms with Crippen molar-refractivity contribution in [3.8, 4) is 0 Å². The van der Waals surface area contributed by atoms with Crippen LogP contribution in [0, 0.1) is 5.92 Å². The lowest BCUT2D eigenvalue weighted by molar-refractivity contribution is -0.139. The molecule has 22 heavy (non-hydrogen) atoms. The number of hydrogen-bond acceptors (Lipinski definition) is 4. The van der Waals surface area contributed by atoms with Gasteiger partial charge in [-0.05, 0) is 24.8 Å². The maximum atomic E-state index is 12.4. The van der Waals surface area contributed by atoms with Crippen LogP contribution in [-0.2, 0) is 22.1 Å². The molecule has 9 heteroatoms. The molecule has 0 bridgehead atoms. The minimum Gasteiger partial charge on any atom is -0.480 e. The van der Waals surface area contributed by atoms with Gasteiger partial charge in [0, 0.05) is 26.3 Å². The van der Waals surface area contributed by atoms with Gasteiger partial charge in [0.25, 0.3) is 10.2 Å². The van der Waals surface area contributed by atoms with Crippen LogP contribution < -0.4 is 4.72 Å². The minimum atomic E-state index is -3.84. The SMILES string of the molecule is CCC1CCN(S(=O)(=O)NC(C(=O)O)c2ccnn2C)CC1. The van der Waals surface area contributed by atoms with E-state index in [9.17, 15) is 18.3 Å². The van der Waals surface area contributed by atoms with E-state index in [1.54, 1.807) is 7.05 Å². The van der Waals surface area contributed by atoms with Gasteiger partial charge in [0.1, 0.15) is 0 Å². The maximum absolute atomic E-state index is 12.4. The Balaban J connectivity index is 2.12. The number of aromatic nitrogens is 2. The fraction of sp³-hybridized carbons (Fsp3) is 0.692. The molecule has 0 aliphatic carbocycles. The van der Waals surface area contributed by atoms with Gasteiger partial charge in [-0.2, -0.15) is 22.5 Å². The van der Waals surface area contributed by atoms with E-state index < -0.39 is 22.2 Å². The molecule has 1 fully saturated rings.